The molecule has 0 spiro atoms. The highest BCUT2D eigenvalue weighted by Crippen LogP contribution is 2.15. The highest BCUT2D eigenvalue weighted by Gasteiger charge is 2.20. The predicted molar refractivity (Wildman–Crippen MR) is 141 cm³/mol. The number of likely N-dealkylation sites (N-methyl/N-ethyl adjacent to an activating group) is 2. The fraction of sp³-hybridized carbons (Fsp3) is 0.333. The van der Waals surface area contributed by atoms with Crippen LogP contribution in [0.5, 0.6) is 0 Å². The zero-order valence-electron chi connectivity index (χ0n) is 21.9. The molecule has 0 unspecified atom stereocenters. The maximum Gasteiger partial charge on any atom is 0.338 e. The van der Waals surface area contributed by atoms with E-state index in [9.17, 15) is 9.59 Å². The van der Waals surface area contributed by atoms with Crippen molar-refractivity contribution in [1.29, 1.82) is 0 Å². The molecule has 0 fully saturated rings. The second-order valence-electron chi connectivity index (χ2n) is 10.5. The Hall–Kier alpha value is -3.48. The summed E-state index contributed by atoms with van der Waals surface area (Å²) >= 11 is 0. The third-order valence-electron chi connectivity index (χ3n) is 6.12. The zero-order chi connectivity index (χ0) is 26.0. The molecule has 0 amide bonds. The van der Waals surface area contributed by atoms with E-state index >= 15 is 0 Å². The maximum atomic E-state index is 12.1. The Kier molecular flexibility index (Phi) is 9.39. The summed E-state index contributed by atoms with van der Waals surface area (Å²) in [5, 5.41) is 0. The third-order valence-corrected chi connectivity index (χ3v) is 6.12. The molecule has 0 aliphatic carbocycles. The molecule has 3 rings (SSSR count). The van der Waals surface area contributed by atoms with E-state index in [0.29, 0.717) is 24.3 Å². The van der Waals surface area contributed by atoms with Crippen LogP contribution in [0, 0.1) is 0 Å². The zero-order valence-corrected chi connectivity index (χ0v) is 21.9. The topological polar surface area (TPSA) is 52.6 Å². The largest absolute Gasteiger partial charge is 0.456 e. The van der Waals surface area contributed by atoms with Crippen molar-refractivity contribution in [2.45, 2.75) is 13.1 Å². The fourth-order valence-corrected chi connectivity index (χ4v) is 3.98. The highest BCUT2D eigenvalue weighted by atomic mass is 16.5. The molecular formula is C30H38N2O4+2. The molecule has 0 heterocycles. The predicted octanol–water partition coefficient (Wildman–Crippen LogP) is 4.55. The first kappa shape index (κ1) is 27.1. The van der Waals surface area contributed by atoms with Gasteiger partial charge in [0, 0.05) is 11.1 Å². The molecule has 6 heteroatoms. The van der Waals surface area contributed by atoms with Crippen molar-refractivity contribution < 1.29 is 28.0 Å². The van der Waals surface area contributed by atoms with Crippen LogP contribution in [0.15, 0.2) is 84.9 Å². The van der Waals surface area contributed by atoms with Gasteiger partial charge in [0.15, 0.2) is 0 Å². The number of carbonyl (C=O) groups excluding carboxylic acids is 2. The standard InChI is InChI=1S/C30H38N2O4/c1-31(2,19-21-35-29(33)27-11-7-5-8-12-27)23-25-15-17-26(18-16-25)24-32(3,4)20-22-36-30(34)28-13-9-6-10-14-28/h5-18H,19-24H2,1-4H3/q+2. The summed E-state index contributed by atoms with van der Waals surface area (Å²) < 4.78 is 12.4. The van der Waals surface area contributed by atoms with E-state index < -0.39 is 0 Å². The first-order valence-corrected chi connectivity index (χ1v) is 12.3. The fourth-order valence-electron chi connectivity index (χ4n) is 3.98. The molecule has 0 aliphatic rings. The van der Waals surface area contributed by atoms with Gasteiger partial charge in [-0.05, 0) is 24.3 Å². The Bertz CT molecular complexity index is 1020. The lowest BCUT2D eigenvalue weighted by molar-refractivity contribution is -0.904. The van der Waals surface area contributed by atoms with Crippen molar-refractivity contribution in [3.63, 3.8) is 0 Å². The average molecular weight is 491 g/mol. The number of hydrogen-bond donors (Lipinski definition) is 0. The minimum absolute atomic E-state index is 0.282. The van der Waals surface area contributed by atoms with Crippen molar-refractivity contribution in [3.8, 4) is 0 Å². The van der Waals surface area contributed by atoms with Gasteiger partial charge in [0.2, 0.25) is 0 Å². The highest BCUT2D eigenvalue weighted by molar-refractivity contribution is 5.89. The van der Waals surface area contributed by atoms with Crippen molar-refractivity contribution in [3.05, 3.63) is 107 Å². The van der Waals surface area contributed by atoms with Crippen LogP contribution in [0.25, 0.3) is 0 Å². The number of quaternary nitrogens is 2. The lowest BCUT2D eigenvalue weighted by Crippen LogP contribution is -2.42. The van der Waals surface area contributed by atoms with Crippen molar-refractivity contribution in [2.75, 3.05) is 54.5 Å². The van der Waals surface area contributed by atoms with E-state index in [-0.39, 0.29) is 11.9 Å². The Morgan fingerprint density at radius 3 is 1.22 bits per heavy atom. The second kappa shape index (κ2) is 12.5. The molecule has 6 nitrogen and oxygen atoms in total. The van der Waals surface area contributed by atoms with Crippen molar-refractivity contribution in [1.82, 2.24) is 0 Å². The Morgan fingerprint density at radius 1 is 0.556 bits per heavy atom. The monoisotopic (exact) mass is 490 g/mol. The molecule has 0 N–H and O–H groups in total. The average Bonchev–Trinajstić information content (AvgIpc) is 2.85. The smallest absolute Gasteiger partial charge is 0.338 e. The van der Waals surface area contributed by atoms with E-state index in [4.69, 9.17) is 9.47 Å². The van der Waals surface area contributed by atoms with E-state index in [1.165, 1.54) is 11.1 Å². The van der Waals surface area contributed by atoms with Crippen LogP contribution in [0.2, 0.25) is 0 Å². The van der Waals surface area contributed by atoms with Crippen molar-refractivity contribution in [2.24, 2.45) is 0 Å². The molecule has 0 aromatic heterocycles. The maximum absolute atomic E-state index is 12.1. The number of esters is 2. The number of carbonyl (C=O) groups is 2. The number of benzene rings is 3. The molecular weight excluding hydrogens is 452 g/mol. The molecule has 0 atom stereocenters. The van der Waals surface area contributed by atoms with Gasteiger partial charge in [-0.15, -0.1) is 0 Å². The van der Waals surface area contributed by atoms with Crippen LogP contribution in [0.1, 0.15) is 31.8 Å². The molecule has 3 aromatic rings. The van der Waals surface area contributed by atoms with Gasteiger partial charge >= 0.3 is 11.9 Å². The molecule has 0 saturated carbocycles. The van der Waals surface area contributed by atoms with E-state index in [2.05, 4.69) is 52.5 Å². The van der Waals surface area contributed by atoms with Crippen LogP contribution in [0.4, 0.5) is 0 Å². The number of hydrogen-bond acceptors (Lipinski definition) is 4. The van der Waals surface area contributed by atoms with Gasteiger partial charge in [0.05, 0.1) is 39.3 Å². The molecule has 190 valence electrons. The van der Waals surface area contributed by atoms with Crippen LogP contribution < -0.4 is 0 Å². The number of rotatable bonds is 12. The van der Waals surface area contributed by atoms with E-state index in [1.54, 1.807) is 24.3 Å². The first-order valence-electron chi connectivity index (χ1n) is 12.3. The molecule has 0 radical (unpaired) electrons. The number of nitrogens with zero attached hydrogens (tertiary/aromatic N) is 2. The van der Waals surface area contributed by atoms with Gasteiger partial charge < -0.3 is 18.4 Å². The Labute approximate surface area is 214 Å². The quantitative estimate of drug-likeness (QED) is 0.276. The van der Waals surface area contributed by atoms with E-state index in [1.807, 2.05) is 36.4 Å². The van der Waals surface area contributed by atoms with Crippen LogP contribution in [-0.4, -0.2) is 75.4 Å². The lowest BCUT2D eigenvalue weighted by Gasteiger charge is -2.30. The molecule has 0 saturated heterocycles. The normalized spacial score (nSPS) is 11.7. The molecule has 36 heavy (non-hydrogen) atoms. The minimum atomic E-state index is -0.282. The Balaban J connectivity index is 1.42. The van der Waals surface area contributed by atoms with Crippen LogP contribution in [0.3, 0.4) is 0 Å². The van der Waals surface area contributed by atoms with Gasteiger partial charge in [0.1, 0.15) is 39.4 Å². The summed E-state index contributed by atoms with van der Waals surface area (Å²) in [6, 6.07) is 26.8. The lowest BCUT2D eigenvalue weighted by atomic mass is 10.1. The Morgan fingerprint density at radius 2 is 0.889 bits per heavy atom. The molecule has 3 aromatic carbocycles. The van der Waals surface area contributed by atoms with Gasteiger partial charge in [-0.1, -0.05) is 60.7 Å². The summed E-state index contributed by atoms with van der Waals surface area (Å²) in [5.41, 5.74) is 3.63. The summed E-state index contributed by atoms with van der Waals surface area (Å²) in [6.45, 7) is 3.89. The molecule has 0 aliphatic heterocycles. The van der Waals surface area contributed by atoms with Gasteiger partial charge in [-0.25, -0.2) is 9.59 Å². The summed E-state index contributed by atoms with van der Waals surface area (Å²) in [7, 11) is 8.56. The van der Waals surface area contributed by atoms with Gasteiger partial charge in [-0.3, -0.25) is 0 Å². The van der Waals surface area contributed by atoms with Gasteiger partial charge in [-0.2, -0.15) is 0 Å². The minimum Gasteiger partial charge on any atom is -0.456 e. The number of ether oxygens (including phenoxy) is 2. The van der Waals surface area contributed by atoms with Gasteiger partial charge in [0.25, 0.3) is 0 Å². The second-order valence-corrected chi connectivity index (χ2v) is 10.5. The SMILES string of the molecule is C[N+](C)(CCOC(=O)c1ccccc1)Cc1ccc(C[N+](C)(C)CCOC(=O)c2ccccc2)cc1. The van der Waals surface area contributed by atoms with E-state index in [0.717, 1.165) is 35.1 Å². The summed E-state index contributed by atoms with van der Waals surface area (Å²) in [6.07, 6.45) is 0. The molecule has 0 bridgehead atoms. The van der Waals surface area contributed by atoms with Crippen LogP contribution >= 0.6 is 0 Å². The summed E-state index contributed by atoms with van der Waals surface area (Å²) in [5.74, 6) is -0.564. The van der Waals surface area contributed by atoms with Crippen LogP contribution in [-0.2, 0) is 22.6 Å². The first-order chi connectivity index (χ1) is 17.1. The summed E-state index contributed by atoms with van der Waals surface area (Å²) in [4.78, 5) is 24.3. The third kappa shape index (κ3) is 8.95. The van der Waals surface area contributed by atoms with Crippen molar-refractivity contribution >= 4 is 11.9 Å².